The summed E-state index contributed by atoms with van der Waals surface area (Å²) in [4.78, 5) is 10.3. The van der Waals surface area contributed by atoms with Crippen LogP contribution in [0.3, 0.4) is 0 Å². The van der Waals surface area contributed by atoms with E-state index in [2.05, 4.69) is 0 Å². The molecule has 1 aromatic carbocycles. The molecule has 0 bridgehead atoms. The Morgan fingerprint density at radius 1 is 1.33 bits per heavy atom. The van der Waals surface area contributed by atoms with Crippen molar-refractivity contribution in [2.75, 3.05) is 0 Å². The van der Waals surface area contributed by atoms with Crippen molar-refractivity contribution < 1.29 is 14.3 Å². The summed E-state index contributed by atoms with van der Waals surface area (Å²) in [5.74, 6) is -1.47. The Hall–Kier alpha value is -0.800. The lowest BCUT2D eigenvalue weighted by Gasteiger charge is -2.06. The van der Waals surface area contributed by atoms with E-state index in [1.807, 2.05) is 0 Å². The van der Waals surface area contributed by atoms with Gasteiger partial charge in [-0.1, -0.05) is 23.2 Å². The summed E-state index contributed by atoms with van der Waals surface area (Å²) in [5, 5.41) is 8.72. The first-order chi connectivity index (χ1) is 7.02. The van der Waals surface area contributed by atoms with Crippen LogP contribution in [0.2, 0.25) is 10.0 Å². The van der Waals surface area contributed by atoms with Gasteiger partial charge < -0.3 is 5.11 Å². The molecular formula is C10H9Cl2FO2. The van der Waals surface area contributed by atoms with E-state index in [1.165, 1.54) is 12.1 Å². The molecule has 0 aliphatic rings. The first-order valence-electron chi connectivity index (χ1n) is 4.36. The first kappa shape index (κ1) is 12.3. The molecule has 0 aliphatic heterocycles. The summed E-state index contributed by atoms with van der Waals surface area (Å²) in [6.07, 6.45) is 0.603. The van der Waals surface area contributed by atoms with Crippen LogP contribution in [0.15, 0.2) is 12.1 Å². The molecule has 0 heterocycles. The molecule has 1 aromatic rings. The maximum absolute atomic E-state index is 13.4. The van der Waals surface area contributed by atoms with Gasteiger partial charge in [0.15, 0.2) is 0 Å². The topological polar surface area (TPSA) is 37.3 Å². The van der Waals surface area contributed by atoms with Crippen molar-refractivity contribution in [2.45, 2.75) is 19.3 Å². The summed E-state index contributed by atoms with van der Waals surface area (Å²) >= 11 is 11.3. The molecule has 0 saturated carbocycles. The van der Waals surface area contributed by atoms with Crippen molar-refractivity contribution in [2.24, 2.45) is 0 Å². The number of halogens is 3. The minimum atomic E-state index is -0.909. The van der Waals surface area contributed by atoms with Gasteiger partial charge in [0.1, 0.15) is 5.82 Å². The fraction of sp³-hybridized carbons (Fsp3) is 0.300. The van der Waals surface area contributed by atoms with Gasteiger partial charge in [0, 0.05) is 17.0 Å². The van der Waals surface area contributed by atoms with E-state index < -0.39 is 11.8 Å². The van der Waals surface area contributed by atoms with E-state index in [0.717, 1.165) is 0 Å². The van der Waals surface area contributed by atoms with Gasteiger partial charge in [-0.25, -0.2) is 4.39 Å². The van der Waals surface area contributed by atoms with Crippen molar-refractivity contribution in [3.05, 3.63) is 33.6 Å². The molecule has 0 aliphatic carbocycles. The van der Waals surface area contributed by atoms with E-state index >= 15 is 0 Å². The Bertz CT molecular complexity index is 380. The number of aliphatic carboxylic acids is 1. The van der Waals surface area contributed by atoms with Crippen LogP contribution < -0.4 is 0 Å². The zero-order valence-electron chi connectivity index (χ0n) is 7.77. The number of carboxylic acids is 1. The second-order valence-electron chi connectivity index (χ2n) is 3.07. The zero-order valence-corrected chi connectivity index (χ0v) is 9.28. The standard InChI is InChI=1S/C10H9Cl2FO2/c11-7-4-5-8(12)10(13)6(7)2-1-3-9(14)15/h4-5H,1-3H2,(H,14,15). The van der Waals surface area contributed by atoms with Crippen molar-refractivity contribution in [1.82, 2.24) is 0 Å². The van der Waals surface area contributed by atoms with Crippen molar-refractivity contribution in [3.63, 3.8) is 0 Å². The molecule has 0 fully saturated rings. The summed E-state index contributed by atoms with van der Waals surface area (Å²) < 4.78 is 13.4. The highest BCUT2D eigenvalue weighted by Crippen LogP contribution is 2.26. The van der Waals surface area contributed by atoms with E-state index in [0.29, 0.717) is 6.42 Å². The summed E-state index contributed by atoms with van der Waals surface area (Å²) in [6.45, 7) is 0. The molecule has 1 rings (SSSR count). The molecule has 2 nitrogen and oxygen atoms in total. The molecule has 15 heavy (non-hydrogen) atoms. The third kappa shape index (κ3) is 3.36. The van der Waals surface area contributed by atoms with Gasteiger partial charge in [-0.05, 0) is 25.0 Å². The predicted octanol–water partition coefficient (Wildman–Crippen LogP) is 3.54. The molecule has 82 valence electrons. The van der Waals surface area contributed by atoms with Crippen LogP contribution in [0.1, 0.15) is 18.4 Å². The Morgan fingerprint density at radius 2 is 1.93 bits per heavy atom. The average Bonchev–Trinajstić information content (AvgIpc) is 2.17. The lowest BCUT2D eigenvalue weighted by Crippen LogP contribution is -1.98. The second-order valence-corrected chi connectivity index (χ2v) is 3.88. The Labute approximate surface area is 96.6 Å². The average molecular weight is 251 g/mol. The highest BCUT2D eigenvalue weighted by Gasteiger charge is 2.11. The predicted molar refractivity (Wildman–Crippen MR) is 57.0 cm³/mol. The number of hydrogen-bond donors (Lipinski definition) is 1. The van der Waals surface area contributed by atoms with Gasteiger partial charge in [-0.3, -0.25) is 4.79 Å². The SMILES string of the molecule is O=C(O)CCCc1c(Cl)ccc(Cl)c1F. The molecule has 0 radical (unpaired) electrons. The highest BCUT2D eigenvalue weighted by atomic mass is 35.5. The van der Waals surface area contributed by atoms with Crippen molar-refractivity contribution in [1.29, 1.82) is 0 Å². The van der Waals surface area contributed by atoms with Gasteiger partial charge in [0.05, 0.1) is 5.02 Å². The molecule has 0 aromatic heterocycles. The van der Waals surface area contributed by atoms with Gasteiger partial charge in [-0.15, -0.1) is 0 Å². The Balaban J connectivity index is 2.75. The van der Waals surface area contributed by atoms with Crippen LogP contribution in [-0.4, -0.2) is 11.1 Å². The summed E-state index contributed by atoms with van der Waals surface area (Å²) in [6, 6.07) is 2.88. The van der Waals surface area contributed by atoms with E-state index in [1.54, 1.807) is 0 Å². The maximum atomic E-state index is 13.4. The van der Waals surface area contributed by atoms with Crippen LogP contribution in [0, 0.1) is 5.82 Å². The summed E-state index contributed by atoms with van der Waals surface area (Å²) in [5.41, 5.74) is 0.283. The smallest absolute Gasteiger partial charge is 0.303 e. The zero-order chi connectivity index (χ0) is 11.4. The van der Waals surface area contributed by atoms with Crippen LogP contribution in [0.25, 0.3) is 0 Å². The third-order valence-corrected chi connectivity index (χ3v) is 2.60. The molecule has 0 saturated heterocycles. The van der Waals surface area contributed by atoms with Crippen LogP contribution in [-0.2, 0) is 11.2 Å². The van der Waals surface area contributed by atoms with E-state index in [9.17, 15) is 9.18 Å². The van der Waals surface area contributed by atoms with Crippen LogP contribution in [0.5, 0.6) is 0 Å². The molecule has 0 spiro atoms. The molecule has 0 unspecified atom stereocenters. The van der Waals surface area contributed by atoms with E-state index in [-0.39, 0.29) is 28.5 Å². The molecule has 5 heteroatoms. The normalized spacial score (nSPS) is 10.3. The molecule has 1 N–H and O–H groups in total. The monoisotopic (exact) mass is 250 g/mol. The maximum Gasteiger partial charge on any atom is 0.303 e. The Morgan fingerprint density at radius 3 is 2.53 bits per heavy atom. The molecule has 0 atom stereocenters. The number of rotatable bonds is 4. The Kier molecular flexibility index (Phi) is 4.36. The number of carbonyl (C=O) groups is 1. The van der Waals surface area contributed by atoms with E-state index in [4.69, 9.17) is 28.3 Å². The largest absolute Gasteiger partial charge is 0.481 e. The first-order valence-corrected chi connectivity index (χ1v) is 5.12. The minimum absolute atomic E-state index is 0.00438. The number of benzene rings is 1. The molecule has 0 amide bonds. The van der Waals surface area contributed by atoms with Gasteiger partial charge >= 0.3 is 5.97 Å². The van der Waals surface area contributed by atoms with Crippen molar-refractivity contribution in [3.8, 4) is 0 Å². The van der Waals surface area contributed by atoms with Crippen LogP contribution >= 0.6 is 23.2 Å². The van der Waals surface area contributed by atoms with Gasteiger partial charge in [0.25, 0.3) is 0 Å². The minimum Gasteiger partial charge on any atom is -0.481 e. The van der Waals surface area contributed by atoms with Crippen molar-refractivity contribution >= 4 is 29.2 Å². The second kappa shape index (κ2) is 5.33. The lowest BCUT2D eigenvalue weighted by atomic mass is 10.1. The highest BCUT2D eigenvalue weighted by molar-refractivity contribution is 6.33. The fourth-order valence-corrected chi connectivity index (χ4v) is 1.63. The molecular weight excluding hydrogens is 242 g/mol. The number of hydrogen-bond acceptors (Lipinski definition) is 1. The fourth-order valence-electron chi connectivity index (χ4n) is 1.21. The number of carboxylic acid groups (broad SMARTS) is 1. The van der Waals surface area contributed by atoms with Crippen LogP contribution in [0.4, 0.5) is 4.39 Å². The van der Waals surface area contributed by atoms with Gasteiger partial charge in [0.2, 0.25) is 0 Å². The lowest BCUT2D eigenvalue weighted by molar-refractivity contribution is -0.137. The van der Waals surface area contributed by atoms with Gasteiger partial charge in [-0.2, -0.15) is 0 Å². The third-order valence-electron chi connectivity index (χ3n) is 1.96. The summed E-state index contributed by atoms with van der Waals surface area (Å²) in [7, 11) is 0. The quantitative estimate of drug-likeness (QED) is 0.831.